The Labute approximate surface area is 148 Å². The molecule has 1 aromatic heterocycles. The van der Waals surface area contributed by atoms with Crippen molar-refractivity contribution in [3.63, 3.8) is 0 Å². The number of nitrogens with zero attached hydrogens (tertiary/aromatic N) is 3. The van der Waals surface area contributed by atoms with Crippen molar-refractivity contribution in [2.24, 2.45) is 5.92 Å². The fourth-order valence-corrected chi connectivity index (χ4v) is 3.50. The minimum atomic E-state index is -0.176. The molecule has 3 rings (SSSR count). The molecule has 1 N–H and O–H groups in total. The van der Waals surface area contributed by atoms with Gasteiger partial charge in [0.05, 0.1) is 5.69 Å². The first kappa shape index (κ1) is 17.6. The molecular formula is C19H26N4O2. The number of carbonyl (C=O) groups is 1. The Balaban J connectivity index is 1.67. The highest BCUT2D eigenvalue weighted by molar-refractivity contribution is 5.92. The lowest BCUT2D eigenvalue weighted by Crippen LogP contribution is -2.43. The summed E-state index contributed by atoms with van der Waals surface area (Å²) in [6, 6.07) is 10.5. The molecule has 25 heavy (non-hydrogen) atoms. The zero-order valence-electron chi connectivity index (χ0n) is 15.1. The van der Waals surface area contributed by atoms with Crippen LogP contribution in [0.15, 0.2) is 41.1 Å². The minimum absolute atomic E-state index is 0.100. The highest BCUT2D eigenvalue weighted by Crippen LogP contribution is 2.21. The topological polar surface area (TPSA) is 61.6 Å². The van der Waals surface area contributed by atoms with Crippen LogP contribution < -0.4 is 5.32 Å². The second-order valence-corrected chi connectivity index (χ2v) is 7.05. The van der Waals surface area contributed by atoms with E-state index >= 15 is 0 Å². The maximum atomic E-state index is 12.5. The van der Waals surface area contributed by atoms with Crippen LogP contribution in [0.3, 0.4) is 0 Å². The van der Waals surface area contributed by atoms with Crippen LogP contribution in [-0.4, -0.2) is 60.5 Å². The van der Waals surface area contributed by atoms with Gasteiger partial charge in [-0.25, -0.2) is 4.98 Å². The fourth-order valence-electron chi connectivity index (χ4n) is 3.50. The van der Waals surface area contributed by atoms with Gasteiger partial charge in [0.1, 0.15) is 0 Å². The van der Waals surface area contributed by atoms with Crippen LogP contribution in [-0.2, 0) is 6.54 Å². The summed E-state index contributed by atoms with van der Waals surface area (Å²) in [5.41, 5.74) is 1.92. The number of likely N-dealkylation sites (tertiary alicyclic amines) is 1. The summed E-state index contributed by atoms with van der Waals surface area (Å²) >= 11 is 0. The number of benzene rings is 1. The van der Waals surface area contributed by atoms with Crippen LogP contribution in [0, 0.1) is 12.8 Å². The maximum absolute atomic E-state index is 12.5. The Morgan fingerprint density at radius 3 is 2.72 bits per heavy atom. The monoisotopic (exact) mass is 342 g/mol. The molecule has 0 aliphatic carbocycles. The average Bonchev–Trinajstić information content (AvgIpc) is 3.14. The summed E-state index contributed by atoms with van der Waals surface area (Å²) < 4.78 is 5.23. The van der Waals surface area contributed by atoms with E-state index in [2.05, 4.69) is 58.5 Å². The molecule has 0 radical (unpaired) electrons. The molecule has 0 saturated carbocycles. The molecular weight excluding hydrogens is 316 g/mol. The van der Waals surface area contributed by atoms with Crippen molar-refractivity contribution in [1.82, 2.24) is 20.1 Å². The van der Waals surface area contributed by atoms with E-state index in [9.17, 15) is 4.79 Å². The molecule has 134 valence electrons. The van der Waals surface area contributed by atoms with Crippen LogP contribution in [0.1, 0.15) is 21.8 Å². The SMILES string of the molecule is Cc1ncoc1C(=O)N[C@@H]1CN(Cc2ccccc2)C[C@H]1CN(C)C. The summed E-state index contributed by atoms with van der Waals surface area (Å²) in [4.78, 5) is 21.1. The van der Waals surface area contributed by atoms with Gasteiger partial charge in [-0.05, 0) is 26.6 Å². The van der Waals surface area contributed by atoms with E-state index in [4.69, 9.17) is 4.42 Å². The largest absolute Gasteiger partial charge is 0.438 e. The van der Waals surface area contributed by atoms with Gasteiger partial charge in [-0.1, -0.05) is 30.3 Å². The molecule has 1 aliphatic heterocycles. The quantitative estimate of drug-likeness (QED) is 0.867. The van der Waals surface area contributed by atoms with E-state index in [1.807, 2.05) is 6.07 Å². The second kappa shape index (κ2) is 7.80. The Bertz CT molecular complexity index is 698. The molecule has 0 unspecified atom stereocenters. The predicted octanol–water partition coefficient (Wildman–Crippen LogP) is 1.78. The first-order valence-electron chi connectivity index (χ1n) is 8.65. The third-order valence-electron chi connectivity index (χ3n) is 4.63. The molecule has 0 spiro atoms. The molecule has 6 nitrogen and oxygen atoms in total. The lowest BCUT2D eigenvalue weighted by molar-refractivity contribution is 0.0897. The lowest BCUT2D eigenvalue weighted by Gasteiger charge is -2.22. The number of hydrogen-bond acceptors (Lipinski definition) is 5. The summed E-state index contributed by atoms with van der Waals surface area (Å²) in [6.45, 7) is 5.43. The number of oxazole rings is 1. The van der Waals surface area contributed by atoms with Crippen LogP contribution >= 0.6 is 0 Å². The Morgan fingerprint density at radius 1 is 1.32 bits per heavy atom. The number of carbonyl (C=O) groups excluding carboxylic acids is 1. The van der Waals surface area contributed by atoms with Gasteiger partial charge in [0, 0.05) is 38.1 Å². The predicted molar refractivity (Wildman–Crippen MR) is 96.3 cm³/mol. The van der Waals surface area contributed by atoms with Gasteiger partial charge < -0.3 is 14.6 Å². The Hall–Kier alpha value is -2.18. The number of aryl methyl sites for hydroxylation is 1. The van der Waals surface area contributed by atoms with Gasteiger partial charge in [0.2, 0.25) is 5.76 Å². The highest BCUT2D eigenvalue weighted by Gasteiger charge is 2.34. The van der Waals surface area contributed by atoms with Crippen LogP contribution in [0.25, 0.3) is 0 Å². The van der Waals surface area contributed by atoms with Crippen LogP contribution in [0.5, 0.6) is 0 Å². The van der Waals surface area contributed by atoms with Gasteiger partial charge in [-0.15, -0.1) is 0 Å². The molecule has 1 amide bonds. The van der Waals surface area contributed by atoms with Crippen molar-refractivity contribution in [2.75, 3.05) is 33.7 Å². The van der Waals surface area contributed by atoms with Crippen molar-refractivity contribution in [3.05, 3.63) is 53.7 Å². The average molecular weight is 342 g/mol. The fraction of sp³-hybridized carbons (Fsp3) is 0.474. The summed E-state index contributed by atoms with van der Waals surface area (Å²) in [5, 5.41) is 3.15. The van der Waals surface area contributed by atoms with E-state index in [0.717, 1.165) is 26.2 Å². The van der Waals surface area contributed by atoms with Crippen molar-refractivity contribution in [1.29, 1.82) is 0 Å². The minimum Gasteiger partial charge on any atom is -0.438 e. The van der Waals surface area contributed by atoms with Gasteiger partial charge >= 0.3 is 0 Å². The van der Waals surface area contributed by atoms with E-state index in [1.54, 1.807) is 6.92 Å². The summed E-state index contributed by atoms with van der Waals surface area (Å²) in [6.07, 6.45) is 1.32. The summed E-state index contributed by atoms with van der Waals surface area (Å²) in [7, 11) is 4.14. The Morgan fingerprint density at radius 2 is 2.08 bits per heavy atom. The highest BCUT2D eigenvalue weighted by atomic mass is 16.3. The standard InChI is InChI=1S/C19H26N4O2/c1-14-18(25-13-20-14)19(24)21-17-12-23(11-16(17)10-22(2)3)9-15-7-5-4-6-8-15/h4-8,13,16-17H,9-12H2,1-3H3,(H,21,24)/t16-,17-/m1/s1. The first-order chi connectivity index (χ1) is 12.0. The van der Waals surface area contributed by atoms with E-state index in [0.29, 0.717) is 17.4 Å². The number of amides is 1. The molecule has 2 atom stereocenters. The number of nitrogens with one attached hydrogen (secondary N) is 1. The zero-order chi connectivity index (χ0) is 17.8. The van der Waals surface area contributed by atoms with Crippen molar-refractivity contribution < 1.29 is 9.21 Å². The van der Waals surface area contributed by atoms with Gasteiger partial charge in [-0.2, -0.15) is 0 Å². The number of aromatic nitrogens is 1. The molecule has 1 aliphatic rings. The van der Waals surface area contributed by atoms with E-state index in [1.165, 1.54) is 12.0 Å². The smallest absolute Gasteiger partial charge is 0.289 e. The molecule has 1 saturated heterocycles. The van der Waals surface area contributed by atoms with Crippen molar-refractivity contribution in [2.45, 2.75) is 19.5 Å². The second-order valence-electron chi connectivity index (χ2n) is 7.05. The van der Waals surface area contributed by atoms with Crippen molar-refractivity contribution >= 4 is 5.91 Å². The Kier molecular flexibility index (Phi) is 5.50. The molecule has 1 aromatic carbocycles. The van der Waals surface area contributed by atoms with Crippen LogP contribution in [0.4, 0.5) is 0 Å². The normalized spacial score (nSPS) is 21.0. The number of hydrogen-bond donors (Lipinski definition) is 1. The third kappa shape index (κ3) is 4.46. The molecule has 1 fully saturated rings. The third-order valence-corrected chi connectivity index (χ3v) is 4.63. The van der Waals surface area contributed by atoms with Crippen molar-refractivity contribution in [3.8, 4) is 0 Å². The zero-order valence-corrected chi connectivity index (χ0v) is 15.1. The van der Waals surface area contributed by atoms with E-state index < -0.39 is 0 Å². The molecule has 2 aromatic rings. The molecule has 6 heteroatoms. The molecule has 2 heterocycles. The maximum Gasteiger partial charge on any atom is 0.289 e. The summed E-state index contributed by atoms with van der Waals surface area (Å²) in [5.74, 6) is 0.515. The molecule has 0 bridgehead atoms. The van der Waals surface area contributed by atoms with Gasteiger partial charge in [-0.3, -0.25) is 9.69 Å². The van der Waals surface area contributed by atoms with Gasteiger partial charge in [0.15, 0.2) is 6.39 Å². The lowest BCUT2D eigenvalue weighted by atomic mass is 10.0. The number of rotatable bonds is 6. The van der Waals surface area contributed by atoms with Crippen LogP contribution in [0.2, 0.25) is 0 Å². The van der Waals surface area contributed by atoms with Gasteiger partial charge in [0.25, 0.3) is 5.91 Å². The first-order valence-corrected chi connectivity index (χ1v) is 8.65. The van der Waals surface area contributed by atoms with E-state index in [-0.39, 0.29) is 11.9 Å².